The molecule has 3 aromatic heterocycles. The van der Waals surface area contributed by atoms with Gasteiger partial charge in [0.15, 0.2) is 11.4 Å². The van der Waals surface area contributed by atoms with Crippen molar-refractivity contribution in [2.24, 2.45) is 0 Å². The van der Waals surface area contributed by atoms with Crippen LogP contribution in [0.1, 0.15) is 11.7 Å². The summed E-state index contributed by atoms with van der Waals surface area (Å²) in [5, 5.41) is 2.91. The van der Waals surface area contributed by atoms with E-state index in [1.807, 2.05) is 19.1 Å². The third-order valence-corrected chi connectivity index (χ3v) is 5.17. The van der Waals surface area contributed by atoms with E-state index < -0.39 is 0 Å². The van der Waals surface area contributed by atoms with E-state index in [0.29, 0.717) is 38.9 Å². The number of aromatic nitrogens is 4. The fraction of sp³-hybridized carbons (Fsp3) is 0.111. The second kappa shape index (κ2) is 7.23. The summed E-state index contributed by atoms with van der Waals surface area (Å²) in [5.41, 5.74) is 1.40. The molecule has 0 fully saturated rings. The Bertz CT molecular complexity index is 1100. The lowest BCUT2D eigenvalue weighted by atomic mass is 10.2. The van der Waals surface area contributed by atoms with Crippen molar-refractivity contribution < 1.29 is 4.42 Å². The highest BCUT2D eigenvalue weighted by molar-refractivity contribution is 7.98. The number of aryl methyl sites for hydroxylation is 1. The maximum atomic E-state index is 6.22. The Balaban J connectivity index is 1.58. The molecule has 3 heterocycles. The summed E-state index contributed by atoms with van der Waals surface area (Å²) < 4.78 is 5.84. The van der Waals surface area contributed by atoms with Crippen LogP contribution in [0.2, 0.25) is 10.0 Å². The van der Waals surface area contributed by atoms with Crippen molar-refractivity contribution in [3.8, 4) is 11.3 Å². The van der Waals surface area contributed by atoms with Gasteiger partial charge in [-0.25, -0.2) is 19.9 Å². The standard InChI is InChI=1S/C18H12Cl2N4OS/c1-10-23-17-12(3-2-6-21-17)18(24-10)26-9-16-22-8-15(25-16)13-7-11(19)4-5-14(13)20/h2-8H,9H2,1H3. The van der Waals surface area contributed by atoms with Crippen LogP contribution in [0.3, 0.4) is 0 Å². The van der Waals surface area contributed by atoms with Crippen molar-refractivity contribution in [1.82, 2.24) is 19.9 Å². The van der Waals surface area contributed by atoms with Crippen molar-refractivity contribution >= 4 is 46.0 Å². The van der Waals surface area contributed by atoms with Gasteiger partial charge >= 0.3 is 0 Å². The maximum absolute atomic E-state index is 6.22. The van der Waals surface area contributed by atoms with Crippen LogP contribution >= 0.6 is 35.0 Å². The molecule has 8 heteroatoms. The van der Waals surface area contributed by atoms with Crippen LogP contribution in [0, 0.1) is 6.92 Å². The van der Waals surface area contributed by atoms with E-state index in [4.69, 9.17) is 27.6 Å². The summed E-state index contributed by atoms with van der Waals surface area (Å²) in [6.45, 7) is 1.85. The van der Waals surface area contributed by atoms with Gasteiger partial charge in [0, 0.05) is 16.8 Å². The smallest absolute Gasteiger partial charge is 0.205 e. The van der Waals surface area contributed by atoms with Crippen LogP contribution in [0.5, 0.6) is 0 Å². The van der Waals surface area contributed by atoms with Crippen LogP contribution in [0.25, 0.3) is 22.4 Å². The molecule has 0 aliphatic carbocycles. The minimum absolute atomic E-state index is 0.526. The number of thioether (sulfide) groups is 1. The van der Waals surface area contributed by atoms with Crippen molar-refractivity contribution in [2.75, 3.05) is 0 Å². The summed E-state index contributed by atoms with van der Waals surface area (Å²) in [6, 6.07) is 9.05. The summed E-state index contributed by atoms with van der Waals surface area (Å²) in [7, 11) is 0. The molecule has 0 bridgehead atoms. The average Bonchev–Trinajstić information content (AvgIpc) is 3.10. The molecular formula is C18H12Cl2N4OS. The first-order valence-corrected chi connectivity index (χ1v) is 9.46. The Morgan fingerprint density at radius 1 is 1.12 bits per heavy atom. The first-order valence-electron chi connectivity index (χ1n) is 7.72. The topological polar surface area (TPSA) is 64.7 Å². The van der Waals surface area contributed by atoms with Crippen LogP contribution in [-0.2, 0) is 5.75 Å². The Hall–Kier alpha value is -2.15. The van der Waals surface area contributed by atoms with Crippen LogP contribution in [0.4, 0.5) is 0 Å². The normalized spacial score (nSPS) is 11.2. The zero-order valence-electron chi connectivity index (χ0n) is 13.6. The number of nitrogens with zero attached hydrogens (tertiary/aromatic N) is 4. The van der Waals surface area contributed by atoms with E-state index in [2.05, 4.69) is 19.9 Å². The van der Waals surface area contributed by atoms with Gasteiger partial charge in [0.05, 0.1) is 22.4 Å². The van der Waals surface area contributed by atoms with Gasteiger partial charge < -0.3 is 4.42 Å². The molecule has 130 valence electrons. The largest absolute Gasteiger partial charge is 0.440 e. The van der Waals surface area contributed by atoms with Crippen molar-refractivity contribution in [2.45, 2.75) is 17.7 Å². The number of halogens is 2. The molecule has 0 spiro atoms. The lowest BCUT2D eigenvalue weighted by Gasteiger charge is -2.04. The Morgan fingerprint density at radius 2 is 2.00 bits per heavy atom. The molecule has 0 atom stereocenters. The summed E-state index contributed by atoms with van der Waals surface area (Å²) in [4.78, 5) is 17.5. The van der Waals surface area contributed by atoms with E-state index in [1.165, 1.54) is 11.8 Å². The highest BCUT2D eigenvalue weighted by Gasteiger charge is 2.13. The first-order chi connectivity index (χ1) is 12.6. The third-order valence-electron chi connectivity index (χ3n) is 3.63. The average molecular weight is 403 g/mol. The molecule has 0 radical (unpaired) electrons. The molecule has 26 heavy (non-hydrogen) atoms. The molecule has 0 amide bonds. The molecule has 0 aliphatic heterocycles. The number of benzene rings is 1. The predicted molar refractivity (Wildman–Crippen MR) is 104 cm³/mol. The van der Waals surface area contributed by atoms with Crippen molar-refractivity contribution in [1.29, 1.82) is 0 Å². The van der Waals surface area contributed by atoms with Crippen LogP contribution in [-0.4, -0.2) is 19.9 Å². The highest BCUT2D eigenvalue weighted by Crippen LogP contribution is 2.33. The fourth-order valence-electron chi connectivity index (χ4n) is 2.47. The van der Waals surface area contributed by atoms with Gasteiger partial charge in [-0.15, -0.1) is 0 Å². The summed E-state index contributed by atoms with van der Waals surface area (Å²) in [6.07, 6.45) is 3.37. The lowest BCUT2D eigenvalue weighted by molar-refractivity contribution is 0.530. The van der Waals surface area contributed by atoms with E-state index in [9.17, 15) is 0 Å². The van der Waals surface area contributed by atoms with Gasteiger partial charge in [0.25, 0.3) is 0 Å². The van der Waals surface area contributed by atoms with Crippen LogP contribution < -0.4 is 0 Å². The SMILES string of the molecule is Cc1nc(SCc2ncc(-c3cc(Cl)ccc3Cl)o2)c2cccnc2n1. The molecule has 4 rings (SSSR count). The molecule has 0 unspecified atom stereocenters. The molecule has 0 saturated carbocycles. The Morgan fingerprint density at radius 3 is 2.88 bits per heavy atom. The van der Waals surface area contributed by atoms with Crippen molar-refractivity contribution in [3.05, 3.63) is 64.5 Å². The van der Waals surface area contributed by atoms with Crippen molar-refractivity contribution in [3.63, 3.8) is 0 Å². The number of hydrogen-bond donors (Lipinski definition) is 0. The zero-order valence-corrected chi connectivity index (χ0v) is 15.9. The fourth-order valence-corrected chi connectivity index (χ4v) is 3.75. The minimum atomic E-state index is 0.526. The minimum Gasteiger partial charge on any atom is -0.440 e. The zero-order chi connectivity index (χ0) is 18.1. The number of hydrogen-bond acceptors (Lipinski definition) is 6. The second-order valence-corrected chi connectivity index (χ2v) is 7.29. The maximum Gasteiger partial charge on any atom is 0.205 e. The Labute approximate surface area is 163 Å². The molecule has 0 aliphatic rings. The molecular weight excluding hydrogens is 391 g/mol. The lowest BCUT2D eigenvalue weighted by Crippen LogP contribution is -1.94. The first kappa shape index (κ1) is 17.3. The molecule has 5 nitrogen and oxygen atoms in total. The van der Waals surface area contributed by atoms with E-state index in [-0.39, 0.29) is 0 Å². The molecule has 0 N–H and O–H groups in total. The quantitative estimate of drug-likeness (QED) is 0.327. The summed E-state index contributed by atoms with van der Waals surface area (Å²) in [5.74, 6) is 2.36. The number of fused-ring (bicyclic) bond motifs is 1. The van der Waals surface area contributed by atoms with E-state index in [0.717, 1.165) is 16.0 Å². The van der Waals surface area contributed by atoms with Gasteiger partial charge in [0.1, 0.15) is 10.9 Å². The number of pyridine rings is 1. The van der Waals surface area contributed by atoms with Gasteiger partial charge in [-0.05, 0) is 37.3 Å². The Kier molecular flexibility index (Phi) is 4.80. The molecule has 4 aromatic rings. The highest BCUT2D eigenvalue weighted by atomic mass is 35.5. The second-order valence-electron chi connectivity index (χ2n) is 5.48. The van der Waals surface area contributed by atoms with Gasteiger partial charge in [-0.2, -0.15) is 0 Å². The van der Waals surface area contributed by atoms with E-state index >= 15 is 0 Å². The van der Waals surface area contributed by atoms with E-state index in [1.54, 1.807) is 30.6 Å². The van der Waals surface area contributed by atoms with Gasteiger partial charge in [-0.1, -0.05) is 35.0 Å². The monoisotopic (exact) mass is 402 g/mol. The van der Waals surface area contributed by atoms with Crippen LogP contribution in [0.15, 0.2) is 52.2 Å². The van der Waals surface area contributed by atoms with Gasteiger partial charge in [-0.3, -0.25) is 0 Å². The van der Waals surface area contributed by atoms with Gasteiger partial charge in [0.2, 0.25) is 5.89 Å². The predicted octanol–water partition coefficient (Wildman–Crippen LogP) is 5.59. The molecule has 0 saturated heterocycles. The third kappa shape index (κ3) is 3.53. The number of rotatable bonds is 4. The number of oxazole rings is 1. The summed E-state index contributed by atoms with van der Waals surface area (Å²) >= 11 is 13.8. The molecule has 1 aromatic carbocycles.